The number of nitrogens with one attached hydrogen (secondary N) is 4. The van der Waals surface area contributed by atoms with E-state index in [1.54, 1.807) is 122 Å². The number of halogens is 8. The van der Waals surface area contributed by atoms with Crippen molar-refractivity contribution in [1.29, 1.82) is 0 Å². The Balaban J connectivity index is 0.000000129. The van der Waals surface area contributed by atoms with Gasteiger partial charge in [0.1, 0.15) is 11.6 Å². The topological polar surface area (TPSA) is 382 Å². The van der Waals surface area contributed by atoms with Crippen molar-refractivity contribution in [3.05, 3.63) is 331 Å². The molecule has 44 heteroatoms. The number of aromatic nitrogens is 8. The predicted molar refractivity (Wildman–Crippen MR) is 543 cm³/mol. The number of nitrogens with zero attached hydrogens (tertiary/aromatic N) is 16. The molecule has 0 saturated carbocycles. The molecule has 4 amide bonds. The summed E-state index contributed by atoms with van der Waals surface area (Å²) in [5, 5.41) is 14.8. The summed E-state index contributed by atoms with van der Waals surface area (Å²) < 4.78 is 138. The van der Waals surface area contributed by atoms with Crippen LogP contribution in [0.1, 0.15) is 41.4 Å². The van der Waals surface area contributed by atoms with Gasteiger partial charge in [0.15, 0.2) is 11.6 Å². The van der Waals surface area contributed by atoms with Crippen LogP contribution in [0.25, 0.3) is 89.2 Å². The molecule has 10 heterocycles. The minimum atomic E-state index is -3.69. The monoisotopic (exact) mass is 2080 g/mol. The third kappa shape index (κ3) is 20.7. The molecule has 4 aliphatic heterocycles. The first-order valence-corrected chi connectivity index (χ1v) is 50.3. The van der Waals surface area contributed by atoms with Crippen molar-refractivity contribution in [1.82, 2.24) is 57.1 Å². The van der Waals surface area contributed by atoms with Crippen LogP contribution in [0.3, 0.4) is 0 Å². The third-order valence-electron chi connectivity index (χ3n) is 22.9. The third-order valence-corrected chi connectivity index (χ3v) is 32.6. The van der Waals surface area contributed by atoms with Gasteiger partial charge in [0, 0.05) is 161 Å². The zero-order valence-corrected chi connectivity index (χ0v) is 81.6. The van der Waals surface area contributed by atoms with Gasteiger partial charge in [-0.25, -0.2) is 38.7 Å². The second-order valence-electron chi connectivity index (χ2n) is 31.8. The largest absolute Gasteiger partial charge is 0.322 e. The van der Waals surface area contributed by atoms with Crippen molar-refractivity contribution in [2.24, 2.45) is 0 Å². The van der Waals surface area contributed by atoms with Crippen LogP contribution in [0.5, 0.6) is 0 Å². The molecule has 140 heavy (non-hydrogen) atoms. The highest BCUT2D eigenvalue weighted by Crippen LogP contribution is 2.40. The maximum Gasteiger partial charge on any atom is 0.303 e. The first kappa shape index (κ1) is 97.9. The van der Waals surface area contributed by atoms with Gasteiger partial charge in [0.25, 0.3) is 23.6 Å². The second-order valence-corrected chi connectivity index (χ2v) is 42.1. The van der Waals surface area contributed by atoms with Gasteiger partial charge in [-0.15, -0.1) is 0 Å². The SMILES string of the molecule is CN1CCN(c2ccc(C(=O)Nc3ccc(Cl)c(-c4ccc5ncccc5n4)c3)c(Cl)c2)S1(=O)=O.CN1CCN(c2ccc(C(=O)Nc3ccc(Cl)c(-c4ccc5ncccc5n4)c3)c(F)c2)S1(=O)=O.CN1CCN(c2ccc(C(=O)Nc3ccc(Cl)c(-c4ncc5ccccc5n4)c3)c(Cl)c2)S1(=O)=O.CN1CCN(c2ccc(C(=O)Nc3ccc(Cl)c(-c4ncc5ccccc5n4)c3)c(F)c2)S1(=O)=O. The Bertz CT molecular complexity index is 7270. The molecule has 16 aromatic rings. The fraction of sp³-hybridized carbons (Fsp3) is 0.125. The standard InChI is InChI=1S/2C24H19Cl2N5O3S.2C24H19ClFN5O3S/c1-30-11-12-31(35(30,33)34)16-5-6-17(20(26)14-16)24(32)28-15-4-7-19(25)18(13-15)21-8-9-22-23(29-21)3-2-10-27-22;1-30-10-11-31(35(30,33)34)17-7-8-18(21(26)13-17)24(32)28-16-6-9-20(25)19(12-16)23-27-14-15-4-2-3-5-22(15)29-23;1-30-11-12-31(35(30,33)34)16-5-6-17(20(26)14-16)24(32)28-15-4-7-19(25)18(13-15)21-8-9-22-23(29-21)3-2-10-27-22;1-30-10-11-31(35(30,33)34)17-7-8-18(21(26)13-17)24(32)28-16-6-9-20(25)19(12-16)23-27-14-15-4-2-3-5-22(15)29-23/h2-10,13-14H,11-12H2,1H3,(H,28,32);2-9,12-14H,10-11H2,1H3,(H,28,32);2-10,13-14H,11-12H2,1H3,(H,28,32);2-9,12-14H,10-11H2,1H3,(H,28,32). The lowest BCUT2D eigenvalue weighted by Crippen LogP contribution is -2.30. The Hall–Kier alpha value is -13.7. The molecule has 32 nitrogen and oxygen atoms in total. The van der Waals surface area contributed by atoms with Gasteiger partial charge in [0.05, 0.1) is 120 Å². The van der Waals surface area contributed by atoms with Gasteiger partial charge in [-0.1, -0.05) is 106 Å². The number of amides is 4. The zero-order chi connectivity index (χ0) is 99.0. The lowest BCUT2D eigenvalue weighted by Gasteiger charge is -2.19. The summed E-state index contributed by atoms with van der Waals surface area (Å²) in [5.41, 5.74) is 10.9. The number of pyridine rings is 4. The normalized spacial score (nSPS) is 15.5. The van der Waals surface area contributed by atoms with Crippen molar-refractivity contribution in [3.8, 4) is 45.3 Å². The summed E-state index contributed by atoms with van der Waals surface area (Å²) in [6.45, 7) is 2.38. The molecular formula is C96H76Cl6F2N20O12S4. The van der Waals surface area contributed by atoms with Gasteiger partial charge in [0.2, 0.25) is 0 Å². The van der Waals surface area contributed by atoms with Crippen molar-refractivity contribution < 1.29 is 61.6 Å². The van der Waals surface area contributed by atoms with Crippen LogP contribution in [0.2, 0.25) is 30.1 Å². The van der Waals surface area contributed by atoms with Gasteiger partial charge in [-0.3, -0.25) is 46.4 Å². The smallest absolute Gasteiger partial charge is 0.303 e. The number of hydrogen-bond acceptors (Lipinski definition) is 20. The number of carbonyl (C=O) groups excluding carboxylic acids is 4. The highest BCUT2D eigenvalue weighted by atomic mass is 35.5. The Morgan fingerprint density at radius 1 is 0.286 bits per heavy atom. The first-order chi connectivity index (χ1) is 66.9. The minimum Gasteiger partial charge on any atom is -0.322 e. The van der Waals surface area contributed by atoms with E-state index < -0.39 is 76.1 Å². The molecule has 0 unspecified atom stereocenters. The summed E-state index contributed by atoms with van der Waals surface area (Å²) in [6.07, 6.45) is 6.79. The van der Waals surface area contributed by atoms with E-state index >= 15 is 0 Å². The molecule has 4 fully saturated rings. The molecule has 6 aromatic heterocycles. The molecular weight excluding hydrogens is 2000 g/mol. The van der Waals surface area contributed by atoms with Gasteiger partial charge in [-0.05, 0) is 206 Å². The number of rotatable bonds is 16. The van der Waals surface area contributed by atoms with Crippen LogP contribution >= 0.6 is 69.6 Å². The molecule has 10 aromatic carbocycles. The second kappa shape index (κ2) is 40.6. The average molecular weight is 2080 g/mol. The fourth-order valence-corrected chi connectivity index (χ4v) is 22.0. The fourth-order valence-electron chi connectivity index (χ4n) is 15.3. The number of benzene rings is 10. The number of para-hydroxylation sites is 2. The van der Waals surface area contributed by atoms with E-state index in [1.807, 2.05) is 84.9 Å². The molecule has 20 rings (SSSR count). The predicted octanol–water partition coefficient (Wildman–Crippen LogP) is 18.4. The summed E-state index contributed by atoms with van der Waals surface area (Å²) >= 11 is 38.3. The Kier molecular flexibility index (Phi) is 28.4. The van der Waals surface area contributed by atoms with Gasteiger partial charge >= 0.3 is 40.8 Å². The van der Waals surface area contributed by atoms with Crippen molar-refractivity contribution >= 4 is 223 Å². The molecule has 0 aliphatic carbocycles. The number of likely N-dealkylation sites (N-methyl/N-ethyl adjacent to an activating group) is 4. The summed E-state index contributed by atoms with van der Waals surface area (Å²) in [6, 6.07) is 66.0. The van der Waals surface area contributed by atoms with Crippen LogP contribution in [0.4, 0.5) is 54.3 Å². The molecule has 0 spiro atoms. The Morgan fingerprint density at radius 3 is 0.893 bits per heavy atom. The van der Waals surface area contributed by atoms with Crippen LogP contribution in [0.15, 0.2) is 267 Å². The van der Waals surface area contributed by atoms with Crippen LogP contribution in [-0.2, 0) is 40.8 Å². The van der Waals surface area contributed by atoms with Gasteiger partial charge < -0.3 is 21.3 Å². The maximum absolute atomic E-state index is 14.8. The number of fused-ring (bicyclic) bond motifs is 4. The summed E-state index contributed by atoms with van der Waals surface area (Å²) in [5.74, 6) is -3.11. The van der Waals surface area contributed by atoms with E-state index in [4.69, 9.17) is 69.6 Å². The number of anilines is 8. The van der Waals surface area contributed by atoms with Crippen LogP contribution < -0.4 is 38.5 Å². The molecule has 0 atom stereocenters. The van der Waals surface area contributed by atoms with E-state index in [1.165, 1.54) is 103 Å². The summed E-state index contributed by atoms with van der Waals surface area (Å²) in [4.78, 5) is 87.2. The number of carbonyl (C=O) groups is 4. The lowest BCUT2D eigenvalue weighted by molar-refractivity contribution is 0.101. The van der Waals surface area contributed by atoms with E-state index in [9.17, 15) is 61.6 Å². The van der Waals surface area contributed by atoms with Crippen molar-refractivity contribution in [2.45, 2.75) is 0 Å². The molecule has 4 saturated heterocycles. The highest BCUT2D eigenvalue weighted by Gasteiger charge is 2.39. The first-order valence-electron chi connectivity index (χ1n) is 42.4. The van der Waals surface area contributed by atoms with E-state index in [0.717, 1.165) is 59.1 Å². The quantitative estimate of drug-likeness (QED) is 0.0698. The van der Waals surface area contributed by atoms with E-state index in [-0.39, 0.29) is 56.8 Å². The van der Waals surface area contributed by atoms with Crippen LogP contribution in [0, 0.1) is 11.6 Å². The zero-order valence-electron chi connectivity index (χ0n) is 73.8. The van der Waals surface area contributed by atoms with Crippen molar-refractivity contribution in [3.63, 3.8) is 0 Å². The van der Waals surface area contributed by atoms with Crippen LogP contribution in [-0.4, -0.2) is 195 Å². The number of hydrogen-bond donors (Lipinski definition) is 4. The Morgan fingerprint density at radius 2 is 0.579 bits per heavy atom. The molecule has 712 valence electrons. The molecule has 0 radical (unpaired) electrons. The Labute approximate surface area is 831 Å². The van der Waals surface area contributed by atoms with Crippen molar-refractivity contribution in [2.75, 3.05) is 119 Å². The minimum absolute atomic E-state index is 0.136. The molecule has 0 bridgehead atoms. The van der Waals surface area contributed by atoms with E-state index in [2.05, 4.69) is 61.1 Å². The highest BCUT2D eigenvalue weighted by molar-refractivity contribution is 7.91. The average Bonchev–Trinajstić information content (AvgIpc) is 1.65. The maximum atomic E-state index is 14.8. The lowest BCUT2D eigenvalue weighted by atomic mass is 10.1. The van der Waals surface area contributed by atoms with Gasteiger partial charge in [-0.2, -0.15) is 50.9 Å². The van der Waals surface area contributed by atoms with E-state index in [0.29, 0.717) is 144 Å². The summed E-state index contributed by atoms with van der Waals surface area (Å²) in [7, 11) is -8.60. The molecule has 4 N–H and O–H groups in total. The molecule has 4 aliphatic rings.